The number of rotatable bonds is 8. The molecule has 36 heavy (non-hydrogen) atoms. The van der Waals surface area contributed by atoms with Crippen LogP contribution in [0.1, 0.15) is 22.8 Å². The maximum Gasteiger partial charge on any atom is 0.405 e. The van der Waals surface area contributed by atoms with E-state index in [2.05, 4.69) is 26.0 Å². The number of aromatic nitrogens is 3. The lowest BCUT2D eigenvalue weighted by atomic mass is 10.2. The van der Waals surface area contributed by atoms with E-state index >= 15 is 0 Å². The SMILES string of the molecule is C=S(C)(=N)NC(=O)c1cn2ncnc(Nc3ccc(F)cc3OC(C)C(=O)NCC(F)(F)F)c2c1C. The third-order valence-corrected chi connectivity index (χ3v) is 5.36. The molecular weight excluding hydrogens is 506 g/mol. The normalized spacial score (nSPS) is 14.1. The fourth-order valence-electron chi connectivity index (χ4n) is 3.14. The van der Waals surface area contributed by atoms with Crippen LogP contribution in [0.15, 0.2) is 30.7 Å². The molecule has 3 aromatic rings. The molecule has 0 spiro atoms. The summed E-state index contributed by atoms with van der Waals surface area (Å²) in [6.45, 7) is 1.33. The molecule has 0 radical (unpaired) electrons. The second kappa shape index (κ2) is 10.0. The van der Waals surface area contributed by atoms with Gasteiger partial charge in [-0.25, -0.2) is 13.9 Å². The van der Waals surface area contributed by atoms with Gasteiger partial charge < -0.3 is 15.4 Å². The van der Waals surface area contributed by atoms with Crippen molar-refractivity contribution in [2.45, 2.75) is 26.1 Å². The van der Waals surface area contributed by atoms with E-state index in [1.54, 1.807) is 12.2 Å². The van der Waals surface area contributed by atoms with E-state index in [1.165, 1.54) is 36.3 Å². The van der Waals surface area contributed by atoms with E-state index in [1.807, 2.05) is 0 Å². The molecule has 0 saturated heterocycles. The lowest BCUT2D eigenvalue weighted by molar-refractivity contribution is -0.142. The van der Waals surface area contributed by atoms with Crippen LogP contribution in [-0.4, -0.2) is 57.4 Å². The minimum absolute atomic E-state index is 0.153. The van der Waals surface area contributed by atoms with Gasteiger partial charge in [-0.1, -0.05) is 9.60 Å². The van der Waals surface area contributed by atoms with Gasteiger partial charge in [0.2, 0.25) is 0 Å². The zero-order chi connectivity index (χ0) is 26.8. The maximum atomic E-state index is 13.9. The summed E-state index contributed by atoms with van der Waals surface area (Å²) in [6.07, 6.45) is -1.83. The fraction of sp³-hybridized carbons (Fsp3) is 0.286. The maximum absolute atomic E-state index is 13.9. The van der Waals surface area contributed by atoms with Gasteiger partial charge in [-0.2, -0.15) is 18.3 Å². The molecule has 4 N–H and O–H groups in total. The highest BCUT2D eigenvalue weighted by Gasteiger charge is 2.29. The zero-order valence-electron chi connectivity index (χ0n) is 19.4. The molecule has 2 amide bonds. The summed E-state index contributed by atoms with van der Waals surface area (Å²) >= 11 is 0. The van der Waals surface area contributed by atoms with Crippen molar-refractivity contribution >= 4 is 44.3 Å². The first-order valence-electron chi connectivity index (χ1n) is 10.2. The standard InChI is InChI=1S/C21H23F4N7O3S/c1-11-14(20(34)31-36(3,4)26)8-32-17(11)18(28-10-29-32)30-15-6-5-13(22)7-16(15)35-12(2)19(33)27-9-21(23,24)25/h5-8,10,12H,3,9H2,1-2,4H3,(H,27,33)(H2,26,31,34)(H,28,29,30). The molecular formula is C21H23F4N7O3S. The Bertz CT molecular complexity index is 1420. The van der Waals surface area contributed by atoms with Crippen LogP contribution in [-0.2, 0) is 14.4 Å². The quantitative estimate of drug-likeness (QED) is 0.262. The lowest BCUT2D eigenvalue weighted by Gasteiger charge is -2.18. The number of amides is 2. The van der Waals surface area contributed by atoms with Gasteiger partial charge in [-0.3, -0.25) is 19.1 Å². The van der Waals surface area contributed by atoms with Crippen LogP contribution >= 0.6 is 0 Å². The van der Waals surface area contributed by atoms with Crippen molar-refractivity contribution in [1.82, 2.24) is 24.6 Å². The number of nitrogens with zero attached hydrogens (tertiary/aromatic N) is 3. The molecule has 2 heterocycles. The van der Waals surface area contributed by atoms with Crippen LogP contribution in [0.25, 0.3) is 5.52 Å². The van der Waals surface area contributed by atoms with Crippen molar-refractivity contribution in [1.29, 1.82) is 4.78 Å². The Labute approximate surface area is 203 Å². The van der Waals surface area contributed by atoms with E-state index in [9.17, 15) is 27.2 Å². The van der Waals surface area contributed by atoms with Gasteiger partial charge in [0, 0.05) is 18.5 Å². The Morgan fingerprint density at radius 3 is 2.67 bits per heavy atom. The molecule has 2 aromatic heterocycles. The third-order valence-electron chi connectivity index (χ3n) is 4.72. The van der Waals surface area contributed by atoms with E-state index in [0.717, 1.165) is 12.1 Å². The van der Waals surface area contributed by atoms with Crippen molar-refractivity contribution in [3.8, 4) is 5.75 Å². The van der Waals surface area contributed by atoms with Crippen molar-refractivity contribution in [3.63, 3.8) is 0 Å². The van der Waals surface area contributed by atoms with Gasteiger partial charge in [-0.05, 0) is 37.4 Å². The average Bonchev–Trinajstić information content (AvgIpc) is 3.10. The van der Waals surface area contributed by atoms with Gasteiger partial charge >= 0.3 is 6.18 Å². The molecule has 0 bridgehead atoms. The van der Waals surface area contributed by atoms with Gasteiger partial charge in [0.15, 0.2) is 11.9 Å². The number of ether oxygens (including phenoxy) is 1. The highest BCUT2D eigenvalue weighted by atomic mass is 32.2. The Hall–Kier alpha value is -3.88. The minimum atomic E-state index is -4.60. The molecule has 0 aliphatic heterocycles. The van der Waals surface area contributed by atoms with E-state index < -0.39 is 46.1 Å². The van der Waals surface area contributed by atoms with E-state index in [4.69, 9.17) is 9.52 Å². The number of hydrogen-bond donors (Lipinski definition) is 4. The van der Waals surface area contributed by atoms with Crippen molar-refractivity contribution in [2.75, 3.05) is 18.1 Å². The van der Waals surface area contributed by atoms with Crippen molar-refractivity contribution in [3.05, 3.63) is 47.7 Å². The molecule has 3 rings (SSSR count). The lowest BCUT2D eigenvalue weighted by Crippen LogP contribution is -2.41. The van der Waals surface area contributed by atoms with Gasteiger partial charge in [0.1, 0.15) is 30.0 Å². The van der Waals surface area contributed by atoms with Crippen LogP contribution in [0.2, 0.25) is 0 Å². The highest BCUT2D eigenvalue weighted by Crippen LogP contribution is 2.32. The van der Waals surface area contributed by atoms with Gasteiger partial charge in [-0.15, -0.1) is 0 Å². The number of hydrogen-bond acceptors (Lipinski definition) is 7. The Morgan fingerprint density at radius 1 is 1.33 bits per heavy atom. The molecule has 194 valence electrons. The van der Waals surface area contributed by atoms with E-state index in [0.29, 0.717) is 11.1 Å². The highest BCUT2D eigenvalue weighted by molar-refractivity contribution is 7.99. The Morgan fingerprint density at radius 2 is 2.03 bits per heavy atom. The number of nitrogens with one attached hydrogen (secondary N) is 4. The molecule has 2 unspecified atom stereocenters. The smallest absolute Gasteiger partial charge is 0.405 e. The van der Waals surface area contributed by atoms with Crippen LogP contribution in [0.3, 0.4) is 0 Å². The predicted molar refractivity (Wildman–Crippen MR) is 127 cm³/mol. The van der Waals surface area contributed by atoms with Crippen LogP contribution in [0.5, 0.6) is 5.75 Å². The van der Waals surface area contributed by atoms with Gasteiger partial charge in [0.05, 0.1) is 11.3 Å². The average molecular weight is 530 g/mol. The molecule has 0 saturated carbocycles. The number of carbonyl (C=O) groups excluding carboxylic acids is 2. The number of carbonyl (C=O) groups is 2. The topological polar surface area (TPSA) is 134 Å². The van der Waals surface area contributed by atoms with E-state index in [-0.39, 0.29) is 22.8 Å². The monoisotopic (exact) mass is 529 g/mol. The number of anilines is 2. The third kappa shape index (κ3) is 6.62. The summed E-state index contributed by atoms with van der Waals surface area (Å²) in [5, 5.41) is 8.73. The molecule has 0 fully saturated rings. The number of alkyl halides is 3. The van der Waals surface area contributed by atoms with Crippen LogP contribution in [0, 0.1) is 17.5 Å². The summed E-state index contributed by atoms with van der Waals surface area (Å²) < 4.78 is 68.3. The van der Waals surface area contributed by atoms with Crippen LogP contribution < -0.4 is 20.1 Å². The number of halogens is 4. The molecule has 2 atom stereocenters. The molecule has 10 nitrogen and oxygen atoms in total. The Balaban J connectivity index is 1.91. The second-order valence-electron chi connectivity index (χ2n) is 7.95. The molecule has 15 heteroatoms. The second-order valence-corrected chi connectivity index (χ2v) is 10.3. The first-order valence-corrected chi connectivity index (χ1v) is 12.4. The Kier molecular flexibility index (Phi) is 7.43. The summed E-state index contributed by atoms with van der Waals surface area (Å²) in [5.41, 5.74) is 1.25. The predicted octanol–water partition coefficient (Wildman–Crippen LogP) is 2.99. The van der Waals surface area contributed by atoms with Crippen LogP contribution in [0.4, 0.5) is 29.1 Å². The number of benzene rings is 1. The number of aryl methyl sites for hydroxylation is 1. The number of fused-ring (bicyclic) bond motifs is 1. The minimum Gasteiger partial charge on any atom is -0.479 e. The summed E-state index contributed by atoms with van der Waals surface area (Å²) in [7, 11) is -2.33. The fourth-order valence-corrected chi connectivity index (χ4v) is 3.66. The first kappa shape index (κ1) is 26.7. The summed E-state index contributed by atoms with van der Waals surface area (Å²) in [6, 6.07) is 3.37. The van der Waals surface area contributed by atoms with Crippen molar-refractivity contribution in [2.24, 2.45) is 0 Å². The largest absolute Gasteiger partial charge is 0.479 e. The first-order chi connectivity index (χ1) is 16.6. The summed E-state index contributed by atoms with van der Waals surface area (Å²) in [5.74, 6) is 1.38. The molecule has 0 aliphatic carbocycles. The summed E-state index contributed by atoms with van der Waals surface area (Å²) in [4.78, 5) is 28.8. The molecule has 1 aromatic carbocycles. The van der Waals surface area contributed by atoms with Gasteiger partial charge in [0.25, 0.3) is 11.8 Å². The zero-order valence-corrected chi connectivity index (χ0v) is 20.2. The van der Waals surface area contributed by atoms with Crippen molar-refractivity contribution < 1.29 is 31.9 Å². The molecule has 0 aliphatic rings.